The number of aromatic hydroxyl groups is 1. The molecule has 1 N–H and O–H groups in total. The summed E-state index contributed by atoms with van der Waals surface area (Å²) in [5, 5.41) is 26.8. The van der Waals surface area contributed by atoms with Crippen LogP contribution in [0.4, 0.5) is 0 Å². The number of hydrogen-bond acceptors (Lipinski definition) is 13. The maximum Gasteiger partial charge on any atom is 0.358 e. The summed E-state index contributed by atoms with van der Waals surface area (Å²) in [4.78, 5) is 0. The highest BCUT2D eigenvalue weighted by Crippen LogP contribution is 2.48. The minimum Gasteiger partial charge on any atom is -0.508 e. The number of methoxy groups -OCH3 is 1. The Balaban J connectivity index is 1.29. The molecule has 356 valence electrons. The van der Waals surface area contributed by atoms with Crippen molar-refractivity contribution < 1.29 is 24.1 Å². The lowest BCUT2D eigenvalue weighted by atomic mass is 10.2. The van der Waals surface area contributed by atoms with E-state index in [0.29, 0.717) is 17.9 Å². The minimum absolute atomic E-state index is 0.0567. The molecule has 4 aromatic carbocycles. The molecule has 0 spiro atoms. The standard InChI is InChI=1S/C46H61N8O5P4S4/c1-12-45(6,62(66)53(9)49-34-40-21-29-44(30-22-40)59-46(13-2,14-3)63(67)54(10)50-33-37-15-23-41(55)24-16-37)58-43-27-19-39(20-28-43)32-48-52(8)61(65)36(5)57-42-25-17-38(18-26-42)31-47-51(7)60(64)35(4)56-11/h15-36H,12-14H2,1-11H3/q+3/p+1/b47-31+,48-32+,49-34+. The highest BCUT2D eigenvalue weighted by atomic mass is 32.4. The lowest BCUT2D eigenvalue weighted by Gasteiger charge is -2.26. The van der Waals surface area contributed by atoms with Gasteiger partial charge < -0.3 is 24.1 Å². The zero-order valence-corrected chi connectivity index (χ0v) is 46.7. The van der Waals surface area contributed by atoms with Crippen molar-refractivity contribution in [3.05, 3.63) is 119 Å². The Bertz CT molecular complexity index is 2410. The van der Waals surface area contributed by atoms with Gasteiger partial charge in [0.1, 0.15) is 23.0 Å². The predicted molar refractivity (Wildman–Crippen MR) is 296 cm³/mol. The monoisotopic (exact) mass is 1060 g/mol. The minimum atomic E-state index is -1.27. The van der Waals surface area contributed by atoms with Gasteiger partial charge in [0.05, 0.1) is 53.0 Å². The van der Waals surface area contributed by atoms with Crippen LogP contribution in [0, 0.1) is 0 Å². The number of rotatable bonds is 26. The number of nitrogens with zero attached hydrogens (tertiary/aromatic N) is 8. The molecule has 0 aliphatic carbocycles. The molecule has 0 heterocycles. The summed E-state index contributed by atoms with van der Waals surface area (Å²) in [5.74, 6) is 2.04. The summed E-state index contributed by atoms with van der Waals surface area (Å²) in [7, 11) is 9.15. The van der Waals surface area contributed by atoms with Crippen LogP contribution in [-0.4, -0.2) is 107 Å². The van der Waals surface area contributed by atoms with Crippen LogP contribution >= 0.6 is 27.4 Å². The second-order valence-electron chi connectivity index (χ2n) is 15.3. The zero-order valence-electron chi connectivity index (χ0n) is 39.9. The maximum absolute atomic E-state index is 9.60. The van der Waals surface area contributed by atoms with E-state index in [1.54, 1.807) is 65.8 Å². The molecule has 7 unspecified atom stereocenters. The van der Waals surface area contributed by atoms with Crippen LogP contribution in [0.1, 0.15) is 83.1 Å². The van der Waals surface area contributed by atoms with E-state index in [2.05, 4.69) is 36.1 Å². The zero-order chi connectivity index (χ0) is 49.3. The van der Waals surface area contributed by atoms with Crippen LogP contribution in [0.25, 0.3) is 0 Å². The van der Waals surface area contributed by atoms with Gasteiger partial charge in [0, 0.05) is 47.1 Å². The Kier molecular flexibility index (Phi) is 22.1. The van der Waals surface area contributed by atoms with Crippen molar-refractivity contribution in [1.29, 1.82) is 0 Å². The Morgan fingerprint density at radius 2 is 0.896 bits per heavy atom. The van der Waals surface area contributed by atoms with Crippen molar-refractivity contribution in [3.63, 3.8) is 0 Å². The third-order valence-corrected chi connectivity index (χ3v) is 24.1. The summed E-state index contributed by atoms with van der Waals surface area (Å²) in [6.45, 7) is 7.57. The summed E-state index contributed by atoms with van der Waals surface area (Å²) in [5.41, 5.74) is 3.59. The average Bonchev–Trinajstić information content (AvgIpc) is 3.35. The third-order valence-electron chi connectivity index (χ3n) is 10.6. The highest BCUT2D eigenvalue weighted by Gasteiger charge is 2.48. The van der Waals surface area contributed by atoms with Crippen LogP contribution in [0.3, 0.4) is 0 Å². The van der Waals surface area contributed by atoms with Crippen molar-refractivity contribution >= 4 is 99.5 Å². The Morgan fingerprint density at radius 3 is 1.30 bits per heavy atom. The Morgan fingerprint density at radius 1 is 0.537 bits per heavy atom. The smallest absolute Gasteiger partial charge is 0.358 e. The SMILES string of the molecule is CCC(C)(Oc1ccc(/C=N/N(C)[P+](=S)C(C)Oc2ccc(/C=N/N(C)[P+](=S)C(C)OC)cc2)cc1)[P+](=S)N(C)/N=C/c1ccc(OC(CC)(CC)[P+](=S)N(C)/N=C/c2ccc(O)cc2)cc1. The molecule has 13 nitrogen and oxygen atoms in total. The summed E-state index contributed by atoms with van der Waals surface area (Å²) >= 11 is 23.5. The normalized spacial score (nSPS) is 14.7. The van der Waals surface area contributed by atoms with Crippen molar-refractivity contribution in [2.75, 3.05) is 35.3 Å². The molecule has 0 radical (unpaired) electrons. The fourth-order valence-electron chi connectivity index (χ4n) is 6.03. The first-order valence-electron chi connectivity index (χ1n) is 21.5. The van der Waals surface area contributed by atoms with Gasteiger partial charge in [-0.05, 0) is 119 Å². The molecule has 67 heavy (non-hydrogen) atoms. The molecular formula is C46H62N8O5P4S4+4. The first kappa shape index (κ1) is 55.6. The molecule has 7 atom stereocenters. The fraction of sp³-hybridized carbons (Fsp3) is 0.391. The molecular weight excluding hydrogens is 997 g/mol. The maximum atomic E-state index is 9.60. The Hall–Kier alpha value is -4.00. The molecule has 0 aliphatic heterocycles. The topological polar surface area (TPSA) is 120 Å². The van der Waals surface area contributed by atoms with Crippen LogP contribution in [0.15, 0.2) is 117 Å². The largest absolute Gasteiger partial charge is 0.508 e. The summed E-state index contributed by atoms with van der Waals surface area (Å²) in [6.07, 6.45) is 9.21. The number of hydrogen-bond donors (Lipinski definition) is 1. The molecule has 0 amide bonds. The van der Waals surface area contributed by atoms with Gasteiger partial charge in [0.2, 0.25) is 5.85 Å². The third kappa shape index (κ3) is 16.3. The van der Waals surface area contributed by atoms with E-state index < -0.39 is 38.1 Å². The second kappa shape index (κ2) is 26.7. The number of ether oxygens (including phenoxy) is 4. The van der Waals surface area contributed by atoms with Gasteiger partial charge in [-0.3, -0.25) is 0 Å². The number of phenolic OH excluding ortho intramolecular Hbond substituents is 1. The molecule has 4 rings (SSSR count). The molecule has 0 saturated heterocycles. The van der Waals surface area contributed by atoms with Gasteiger partial charge >= 0.3 is 27.4 Å². The quantitative estimate of drug-likeness (QED) is 0.0365. The summed E-state index contributed by atoms with van der Waals surface area (Å²) in [6, 6.07) is 30.1. The first-order valence-corrected chi connectivity index (χ1v) is 30.9. The molecule has 0 aliphatic rings. The second-order valence-corrected chi connectivity index (χ2v) is 27.5. The van der Waals surface area contributed by atoms with Gasteiger partial charge in [-0.1, -0.05) is 20.8 Å². The van der Waals surface area contributed by atoms with Crippen LogP contribution in [0.2, 0.25) is 0 Å². The van der Waals surface area contributed by atoms with Gasteiger partial charge in [-0.25, -0.2) is 0 Å². The molecule has 0 aromatic heterocycles. The first-order chi connectivity index (χ1) is 31.9. The molecule has 21 heteroatoms. The lowest BCUT2D eigenvalue weighted by molar-refractivity contribution is 0.146. The highest BCUT2D eigenvalue weighted by molar-refractivity contribution is 8.05. The van der Waals surface area contributed by atoms with E-state index in [4.69, 9.17) is 71.3 Å². The summed E-state index contributed by atoms with van der Waals surface area (Å²) < 4.78 is 31.9. The van der Waals surface area contributed by atoms with E-state index in [1.165, 1.54) is 0 Å². The van der Waals surface area contributed by atoms with E-state index in [1.807, 2.05) is 131 Å². The van der Waals surface area contributed by atoms with E-state index in [0.717, 1.165) is 40.8 Å². The van der Waals surface area contributed by atoms with Crippen LogP contribution < -0.4 is 14.2 Å². The lowest BCUT2D eigenvalue weighted by Crippen LogP contribution is -2.33. The number of benzene rings is 4. The van der Waals surface area contributed by atoms with Crippen molar-refractivity contribution in [2.45, 2.75) is 83.2 Å². The van der Waals surface area contributed by atoms with Crippen molar-refractivity contribution in [1.82, 2.24) is 19.1 Å². The molecule has 4 aromatic rings. The number of phenols is 1. The van der Waals surface area contributed by atoms with E-state index >= 15 is 0 Å². The average molecular weight is 1060 g/mol. The van der Waals surface area contributed by atoms with E-state index in [-0.39, 0.29) is 17.4 Å². The number of hydrazone groups is 4. The van der Waals surface area contributed by atoms with Crippen molar-refractivity contribution in [2.24, 2.45) is 20.4 Å². The van der Waals surface area contributed by atoms with Gasteiger partial charge in [-0.2, -0.15) is 0 Å². The van der Waals surface area contributed by atoms with Gasteiger partial charge in [0.25, 0.3) is 16.5 Å². The van der Waals surface area contributed by atoms with Gasteiger partial charge in [-0.15, -0.1) is 39.5 Å². The fourth-order valence-corrected chi connectivity index (χ4v) is 12.6. The van der Waals surface area contributed by atoms with Crippen LogP contribution in [-0.2, 0) is 52.0 Å². The van der Waals surface area contributed by atoms with E-state index in [9.17, 15) is 5.11 Å². The van der Waals surface area contributed by atoms with Gasteiger partial charge in [0.15, 0.2) is 47.2 Å². The van der Waals surface area contributed by atoms with Crippen molar-refractivity contribution in [3.8, 4) is 23.0 Å². The Labute approximate surface area is 421 Å². The predicted octanol–water partition coefficient (Wildman–Crippen LogP) is 12.1. The molecule has 0 bridgehead atoms. The molecule has 0 saturated carbocycles. The van der Waals surface area contributed by atoms with Crippen LogP contribution in [0.5, 0.6) is 23.0 Å². The molecule has 0 fully saturated rings.